The number of hydrogen-bond acceptors (Lipinski definition) is 9. The van der Waals surface area contributed by atoms with E-state index in [9.17, 15) is 10.0 Å². The van der Waals surface area contributed by atoms with Gasteiger partial charge in [0.15, 0.2) is 0 Å². The highest BCUT2D eigenvalue weighted by molar-refractivity contribution is 5.82. The number of carbonyl (C=O) groups is 1. The Morgan fingerprint density at radius 1 is 0.864 bits per heavy atom. The lowest BCUT2D eigenvalue weighted by atomic mass is 9.88. The molecule has 0 aromatic carbocycles. The summed E-state index contributed by atoms with van der Waals surface area (Å²) in [6.45, 7) is 7.16. The van der Waals surface area contributed by atoms with Crippen LogP contribution in [0.1, 0.15) is 143 Å². The van der Waals surface area contributed by atoms with Gasteiger partial charge < -0.3 is 9.64 Å². The molecule has 9 heteroatoms. The van der Waals surface area contributed by atoms with Crippen molar-refractivity contribution < 1.29 is 14.7 Å². The zero-order valence-electron chi connectivity index (χ0n) is 28.0. The molecule has 9 nitrogen and oxygen atoms in total. The Hall–Kier alpha value is -1.42. The first-order valence-corrected chi connectivity index (χ1v) is 18.7. The van der Waals surface area contributed by atoms with Crippen LogP contribution in [0.2, 0.25) is 0 Å². The van der Waals surface area contributed by atoms with Gasteiger partial charge in [-0.15, -0.1) is 0 Å². The largest absolute Gasteiger partial charge is 0.465 e. The number of carbonyl (C=O) groups excluding carboxylic acids is 1. The topological polar surface area (TPSA) is 92.7 Å². The molecular formula is C35H62N6O3. The van der Waals surface area contributed by atoms with Gasteiger partial charge in [-0.05, 0) is 78.1 Å². The highest BCUT2D eigenvalue weighted by Crippen LogP contribution is 2.41. The molecule has 6 aliphatic heterocycles. The standard InChI is InChI=1S/C35H62N6O3/c1-4-5-6-8-11-14-26-22-28-18-19-31-32(25(3)37-34(38-26)40(28)31)33(42)44-20-13-10-7-9-12-15-30-23-29-17-16-27-21-24(2)36-35(39(27)29)41(30)43/h24-32,34,37-38,43H,4-23H2,1-3H3. The van der Waals surface area contributed by atoms with Gasteiger partial charge in [-0.3, -0.25) is 25.5 Å². The first-order valence-electron chi connectivity index (χ1n) is 18.7. The number of esters is 1. The van der Waals surface area contributed by atoms with Crippen molar-refractivity contribution in [2.45, 2.75) is 197 Å². The number of nitrogens with one attached hydrogen (secondary N) is 2. The number of rotatable bonds is 15. The minimum absolute atomic E-state index is 0.00405. The van der Waals surface area contributed by atoms with Crippen molar-refractivity contribution in [3.8, 4) is 0 Å². The van der Waals surface area contributed by atoms with Crippen LogP contribution < -0.4 is 10.6 Å². The molecule has 0 saturated carbocycles. The van der Waals surface area contributed by atoms with E-state index in [2.05, 4.69) is 41.2 Å². The second kappa shape index (κ2) is 15.0. The maximum Gasteiger partial charge on any atom is 0.312 e. The van der Waals surface area contributed by atoms with E-state index in [1.807, 2.05) is 0 Å². The van der Waals surface area contributed by atoms with Crippen molar-refractivity contribution in [2.75, 3.05) is 6.61 Å². The number of aliphatic imine (C=N–C) groups is 1. The van der Waals surface area contributed by atoms with E-state index in [0.29, 0.717) is 42.9 Å². The zero-order chi connectivity index (χ0) is 30.6. The summed E-state index contributed by atoms with van der Waals surface area (Å²) in [5.41, 5.74) is 0. The summed E-state index contributed by atoms with van der Waals surface area (Å²) in [6.07, 6.45) is 22.8. The van der Waals surface area contributed by atoms with Gasteiger partial charge in [0, 0.05) is 36.3 Å². The van der Waals surface area contributed by atoms with E-state index < -0.39 is 0 Å². The Morgan fingerprint density at radius 2 is 1.57 bits per heavy atom. The maximum atomic E-state index is 13.3. The Balaban J connectivity index is 0.864. The van der Waals surface area contributed by atoms with Gasteiger partial charge in [0.1, 0.15) is 6.29 Å². The zero-order valence-corrected chi connectivity index (χ0v) is 28.0. The van der Waals surface area contributed by atoms with Gasteiger partial charge >= 0.3 is 5.97 Å². The van der Waals surface area contributed by atoms with E-state index in [1.165, 1.54) is 69.3 Å². The quantitative estimate of drug-likeness (QED) is 0.158. The minimum atomic E-state index is -0.0802. The summed E-state index contributed by atoms with van der Waals surface area (Å²) in [7, 11) is 0. The van der Waals surface area contributed by atoms with Crippen LogP contribution >= 0.6 is 0 Å². The van der Waals surface area contributed by atoms with Crippen molar-refractivity contribution in [1.82, 2.24) is 25.5 Å². The van der Waals surface area contributed by atoms with E-state index in [4.69, 9.17) is 9.73 Å². The normalized spacial score (nSPS) is 38.0. The molecule has 6 rings (SSSR count). The Morgan fingerprint density at radius 3 is 2.39 bits per heavy atom. The van der Waals surface area contributed by atoms with Gasteiger partial charge in [-0.1, -0.05) is 64.7 Å². The first kappa shape index (κ1) is 32.5. The number of ether oxygens (including phenoxy) is 1. The smallest absolute Gasteiger partial charge is 0.312 e. The molecular weight excluding hydrogens is 552 g/mol. The molecule has 10 atom stereocenters. The van der Waals surface area contributed by atoms with Crippen LogP contribution in [0.15, 0.2) is 4.99 Å². The first-order chi connectivity index (χ1) is 21.4. The third-order valence-electron chi connectivity index (χ3n) is 12.0. The molecule has 0 radical (unpaired) electrons. The van der Waals surface area contributed by atoms with Gasteiger partial charge in [-0.25, -0.2) is 10.1 Å². The summed E-state index contributed by atoms with van der Waals surface area (Å²) >= 11 is 0. The molecule has 0 aromatic heterocycles. The summed E-state index contributed by atoms with van der Waals surface area (Å²) in [5, 5.41) is 20.1. The number of hydroxylamine groups is 2. The van der Waals surface area contributed by atoms with E-state index >= 15 is 0 Å². The van der Waals surface area contributed by atoms with Gasteiger partial charge in [0.2, 0.25) is 5.96 Å². The van der Waals surface area contributed by atoms with Gasteiger partial charge in [0.05, 0.1) is 24.6 Å². The lowest BCUT2D eigenvalue weighted by Crippen LogP contribution is -2.73. The van der Waals surface area contributed by atoms with Gasteiger partial charge in [-0.2, -0.15) is 0 Å². The molecule has 0 amide bonds. The molecule has 44 heavy (non-hydrogen) atoms. The fraction of sp³-hybridized carbons (Fsp3) is 0.943. The Bertz CT molecular complexity index is 980. The lowest BCUT2D eigenvalue weighted by molar-refractivity contribution is -0.157. The average molecular weight is 615 g/mol. The number of unbranched alkanes of at least 4 members (excludes halogenated alkanes) is 8. The SMILES string of the molecule is CCCCCCCC1CC2CCC3C(C(=O)OCCCCCCCC4CC5CCC6CC(C)N=C(N4O)N65)C(C)NC(N1)N23. The van der Waals surface area contributed by atoms with Crippen LogP contribution in [0, 0.1) is 5.92 Å². The predicted molar refractivity (Wildman–Crippen MR) is 174 cm³/mol. The van der Waals surface area contributed by atoms with Crippen molar-refractivity contribution >= 4 is 11.9 Å². The van der Waals surface area contributed by atoms with E-state index in [1.54, 1.807) is 0 Å². The molecule has 6 heterocycles. The third-order valence-corrected chi connectivity index (χ3v) is 12.0. The van der Waals surface area contributed by atoms with Crippen LogP contribution in [-0.2, 0) is 9.53 Å². The number of guanidine groups is 1. The molecule has 0 bridgehead atoms. The maximum absolute atomic E-state index is 13.3. The fourth-order valence-electron chi connectivity index (χ4n) is 9.76. The van der Waals surface area contributed by atoms with Crippen LogP contribution in [0.4, 0.5) is 0 Å². The molecule has 3 N–H and O–H groups in total. The molecule has 0 aliphatic carbocycles. The van der Waals surface area contributed by atoms with Gasteiger partial charge in [0.25, 0.3) is 0 Å². The van der Waals surface area contributed by atoms with Crippen molar-refractivity contribution in [2.24, 2.45) is 10.9 Å². The number of hydrogen-bond donors (Lipinski definition) is 3. The summed E-state index contributed by atoms with van der Waals surface area (Å²) in [6, 6.07) is 3.22. The van der Waals surface area contributed by atoms with Crippen LogP contribution in [-0.4, -0.2) is 93.2 Å². The second-order valence-electron chi connectivity index (χ2n) is 15.2. The van der Waals surface area contributed by atoms with Crippen molar-refractivity contribution in [3.05, 3.63) is 0 Å². The summed E-state index contributed by atoms with van der Waals surface area (Å²) in [4.78, 5) is 23.2. The number of nitrogens with zero attached hydrogens (tertiary/aromatic N) is 4. The summed E-state index contributed by atoms with van der Waals surface area (Å²) in [5.74, 6) is 0.758. The predicted octanol–water partition coefficient (Wildman–Crippen LogP) is 5.76. The van der Waals surface area contributed by atoms with Crippen LogP contribution in [0.5, 0.6) is 0 Å². The second-order valence-corrected chi connectivity index (χ2v) is 15.2. The van der Waals surface area contributed by atoms with Crippen LogP contribution in [0.25, 0.3) is 0 Å². The molecule has 0 spiro atoms. The van der Waals surface area contributed by atoms with E-state index in [-0.39, 0.29) is 30.3 Å². The minimum Gasteiger partial charge on any atom is -0.465 e. The molecule has 6 aliphatic rings. The average Bonchev–Trinajstić information content (AvgIpc) is 3.61. The molecule has 5 saturated heterocycles. The van der Waals surface area contributed by atoms with Crippen molar-refractivity contribution in [3.63, 3.8) is 0 Å². The Kier molecular flexibility index (Phi) is 11.1. The Labute approximate surface area is 266 Å². The fourth-order valence-corrected chi connectivity index (χ4v) is 9.76. The highest BCUT2D eigenvalue weighted by Gasteiger charge is 2.53. The highest BCUT2D eigenvalue weighted by atomic mass is 16.5. The lowest BCUT2D eigenvalue weighted by Gasteiger charge is -2.52. The molecule has 250 valence electrons. The van der Waals surface area contributed by atoms with E-state index in [0.717, 1.165) is 63.7 Å². The summed E-state index contributed by atoms with van der Waals surface area (Å²) < 4.78 is 5.91. The van der Waals surface area contributed by atoms with Crippen LogP contribution in [0.3, 0.4) is 0 Å². The third kappa shape index (κ3) is 7.11. The van der Waals surface area contributed by atoms with Crippen molar-refractivity contribution in [1.29, 1.82) is 0 Å². The molecule has 10 unspecified atom stereocenters. The molecule has 5 fully saturated rings. The monoisotopic (exact) mass is 614 g/mol. The molecule has 0 aromatic rings.